The fraction of sp³-hybridized carbons (Fsp3) is 0.419. The highest BCUT2D eigenvalue weighted by Gasteiger charge is 2.67. The normalized spacial score (nSPS) is 17.1. The molecular formula is C43H43ClF6N8O4S. The van der Waals surface area contributed by atoms with E-state index in [1.807, 2.05) is 6.07 Å². The van der Waals surface area contributed by atoms with E-state index >= 15 is 8.78 Å². The number of aromatic nitrogens is 6. The second-order valence-corrected chi connectivity index (χ2v) is 18.6. The minimum atomic E-state index is -3.89. The SMILES string of the molecule is CCCCCCCCc1ccc2c(=O)n(-c3ccc(Cl)c4c(NS(C)(=O)=O)nn(C)c34)c([C@H](Cc3cc(F)cc(F)c3)NC(=O)Cn3nc(C(F)F)c4c3C(F)(F)C3CC43)nc2c1. The molecule has 1 fully saturated rings. The number of nitrogens with zero attached hydrogens (tertiary/aromatic N) is 6. The first-order valence-electron chi connectivity index (χ1n) is 20.6. The van der Waals surface area contributed by atoms with Crippen molar-refractivity contribution >= 4 is 55.2 Å². The van der Waals surface area contributed by atoms with Crippen LogP contribution in [0.2, 0.25) is 5.02 Å². The second kappa shape index (κ2) is 16.9. The van der Waals surface area contributed by atoms with Gasteiger partial charge >= 0.3 is 0 Å². The third-order valence-electron chi connectivity index (χ3n) is 11.7. The summed E-state index contributed by atoms with van der Waals surface area (Å²) in [6, 6.07) is 9.22. The molecule has 0 spiro atoms. The number of nitrogens with one attached hydrogen (secondary N) is 2. The summed E-state index contributed by atoms with van der Waals surface area (Å²) in [7, 11) is -2.41. The Bertz CT molecular complexity index is 2930. The van der Waals surface area contributed by atoms with Gasteiger partial charge in [-0.2, -0.15) is 19.0 Å². The molecule has 2 unspecified atom stereocenters. The van der Waals surface area contributed by atoms with E-state index in [1.165, 1.54) is 23.9 Å². The highest BCUT2D eigenvalue weighted by Crippen LogP contribution is 2.68. The van der Waals surface area contributed by atoms with Gasteiger partial charge in [0.25, 0.3) is 17.9 Å². The van der Waals surface area contributed by atoms with Gasteiger partial charge in [-0.25, -0.2) is 31.0 Å². The molecule has 334 valence electrons. The molecule has 0 saturated heterocycles. The molecule has 6 aromatic rings. The lowest BCUT2D eigenvalue weighted by Crippen LogP contribution is -2.38. The Labute approximate surface area is 362 Å². The molecule has 3 aromatic carbocycles. The Morgan fingerprint density at radius 2 is 1.70 bits per heavy atom. The number of hydrogen-bond donors (Lipinski definition) is 2. The minimum Gasteiger partial charge on any atom is -0.344 e. The smallest absolute Gasteiger partial charge is 0.293 e. The molecular weight excluding hydrogens is 874 g/mol. The topological polar surface area (TPSA) is 146 Å². The summed E-state index contributed by atoms with van der Waals surface area (Å²) in [4.78, 5) is 34.1. The van der Waals surface area contributed by atoms with Crippen molar-refractivity contribution in [3.63, 3.8) is 0 Å². The largest absolute Gasteiger partial charge is 0.344 e. The van der Waals surface area contributed by atoms with Crippen LogP contribution < -0.4 is 15.6 Å². The van der Waals surface area contributed by atoms with Gasteiger partial charge in [0, 0.05) is 31.0 Å². The number of amides is 1. The molecule has 2 N–H and O–H groups in total. The number of hydrogen-bond acceptors (Lipinski definition) is 7. The highest BCUT2D eigenvalue weighted by molar-refractivity contribution is 7.92. The average Bonchev–Trinajstić information content (AvgIpc) is 3.74. The number of carbonyl (C=O) groups is 1. The molecule has 0 radical (unpaired) electrons. The molecule has 63 heavy (non-hydrogen) atoms. The van der Waals surface area contributed by atoms with Crippen LogP contribution in [0.3, 0.4) is 0 Å². The second-order valence-electron chi connectivity index (χ2n) is 16.4. The van der Waals surface area contributed by atoms with Crippen LogP contribution in [-0.2, 0) is 47.2 Å². The van der Waals surface area contributed by atoms with Crippen molar-refractivity contribution in [3.05, 3.63) is 109 Å². The van der Waals surface area contributed by atoms with Crippen molar-refractivity contribution in [1.29, 1.82) is 0 Å². The average molecular weight is 917 g/mol. The predicted octanol–water partition coefficient (Wildman–Crippen LogP) is 8.92. The molecule has 0 aliphatic heterocycles. The van der Waals surface area contributed by atoms with Gasteiger partial charge in [-0.1, -0.05) is 56.7 Å². The fourth-order valence-corrected chi connectivity index (χ4v) is 9.63. The van der Waals surface area contributed by atoms with Crippen LogP contribution in [-0.4, -0.2) is 49.7 Å². The van der Waals surface area contributed by atoms with Gasteiger partial charge in [-0.05, 0) is 72.7 Å². The van der Waals surface area contributed by atoms with Crippen molar-refractivity contribution in [1.82, 2.24) is 34.4 Å². The zero-order valence-electron chi connectivity index (χ0n) is 34.4. The van der Waals surface area contributed by atoms with Crippen LogP contribution in [0.1, 0.15) is 104 Å². The van der Waals surface area contributed by atoms with Crippen molar-refractivity contribution in [3.8, 4) is 5.69 Å². The number of halogens is 7. The molecule has 12 nitrogen and oxygen atoms in total. The summed E-state index contributed by atoms with van der Waals surface area (Å²) in [6.07, 6.45) is 4.24. The maximum Gasteiger partial charge on any atom is 0.293 e. The lowest BCUT2D eigenvalue weighted by atomic mass is 10.0. The molecule has 3 heterocycles. The molecule has 2 aliphatic carbocycles. The Morgan fingerprint density at radius 1 is 0.984 bits per heavy atom. The molecule has 8 rings (SSSR count). The maximum absolute atomic E-state index is 15.5. The number of sulfonamides is 1. The zero-order chi connectivity index (χ0) is 45.1. The molecule has 3 atom stereocenters. The number of rotatable bonds is 17. The number of aryl methyl sites for hydroxylation is 2. The molecule has 2 aliphatic rings. The first kappa shape index (κ1) is 44.2. The molecule has 1 saturated carbocycles. The zero-order valence-corrected chi connectivity index (χ0v) is 35.9. The van der Waals surface area contributed by atoms with Crippen molar-refractivity contribution in [2.24, 2.45) is 13.0 Å². The standard InChI is InChI=1S/C43H43ClF6N8O4S/c1-4-5-6-7-8-9-10-22-11-12-26-30(17-22)52-41(58(42(26)60)32-14-13-29(44)35-37(32)56(2)54-40(35)55-63(3,61)62)31(18-23-15-24(45)19-25(46)16-23)51-33(59)21-57-38-34(36(53-57)39(47)48)27-20-28(27)43(38,49)50/h11-17,19,27-28,31,39H,4-10,18,20-21H2,1-3H3,(H,51,59)(H,54,55)/t27?,28?,31-/m0/s1. The van der Waals surface area contributed by atoms with E-state index in [1.54, 1.807) is 12.1 Å². The summed E-state index contributed by atoms with van der Waals surface area (Å²) in [5.41, 5.74) is -1.26. The maximum atomic E-state index is 15.5. The van der Waals surface area contributed by atoms with Crippen LogP contribution in [0.25, 0.3) is 27.5 Å². The Balaban J connectivity index is 1.29. The minimum absolute atomic E-state index is 0.00327. The number of unbranched alkanes of at least 4 members (excludes halogenated alkanes) is 5. The monoisotopic (exact) mass is 916 g/mol. The first-order valence-corrected chi connectivity index (χ1v) is 22.8. The van der Waals surface area contributed by atoms with Gasteiger partial charge in [0.05, 0.1) is 44.8 Å². The van der Waals surface area contributed by atoms with Gasteiger partial charge in [0.2, 0.25) is 15.9 Å². The summed E-state index contributed by atoms with van der Waals surface area (Å²) in [6.45, 7) is 1.18. The molecule has 20 heteroatoms. The Morgan fingerprint density at radius 3 is 2.40 bits per heavy atom. The van der Waals surface area contributed by atoms with Crippen molar-refractivity contribution < 1.29 is 39.6 Å². The third kappa shape index (κ3) is 8.65. The number of carbonyl (C=O) groups excluding carboxylic acids is 1. The molecule has 1 amide bonds. The lowest BCUT2D eigenvalue weighted by Gasteiger charge is -2.24. The fourth-order valence-electron chi connectivity index (χ4n) is 8.89. The van der Waals surface area contributed by atoms with E-state index in [0.29, 0.717) is 17.2 Å². The first-order chi connectivity index (χ1) is 29.9. The molecule has 0 bridgehead atoms. The predicted molar refractivity (Wildman–Crippen MR) is 225 cm³/mol. The van der Waals surface area contributed by atoms with E-state index < -0.39 is 87.7 Å². The summed E-state index contributed by atoms with van der Waals surface area (Å²) < 4.78 is 119. The van der Waals surface area contributed by atoms with Crippen LogP contribution in [0.5, 0.6) is 0 Å². The lowest BCUT2D eigenvalue weighted by molar-refractivity contribution is -0.123. The van der Waals surface area contributed by atoms with Crippen LogP contribution in [0, 0.1) is 17.6 Å². The summed E-state index contributed by atoms with van der Waals surface area (Å²) in [5, 5.41) is 11.1. The third-order valence-corrected chi connectivity index (χ3v) is 12.6. The van der Waals surface area contributed by atoms with E-state index in [4.69, 9.17) is 16.6 Å². The highest BCUT2D eigenvalue weighted by atomic mass is 35.5. The van der Waals surface area contributed by atoms with Crippen LogP contribution in [0.4, 0.5) is 32.2 Å². The summed E-state index contributed by atoms with van der Waals surface area (Å²) >= 11 is 6.64. The Kier molecular flexibility index (Phi) is 11.9. The Hall–Kier alpha value is -5.43. The van der Waals surface area contributed by atoms with Gasteiger partial charge in [-0.15, -0.1) is 0 Å². The van der Waals surface area contributed by atoms with Gasteiger partial charge < -0.3 is 5.32 Å². The van der Waals surface area contributed by atoms with Crippen LogP contribution in [0.15, 0.2) is 53.3 Å². The van der Waals surface area contributed by atoms with Gasteiger partial charge in [-0.3, -0.25) is 28.2 Å². The number of alkyl halides is 4. The number of fused-ring (bicyclic) bond motifs is 5. The number of anilines is 1. The van der Waals surface area contributed by atoms with E-state index in [2.05, 4.69) is 27.2 Å². The molecule has 3 aromatic heterocycles. The number of benzene rings is 3. The van der Waals surface area contributed by atoms with Crippen LogP contribution >= 0.6 is 11.6 Å². The van der Waals surface area contributed by atoms with E-state index in [0.717, 1.165) is 67.0 Å². The van der Waals surface area contributed by atoms with E-state index in [-0.39, 0.29) is 61.7 Å². The van der Waals surface area contributed by atoms with Crippen molar-refractivity contribution in [2.75, 3.05) is 11.0 Å². The van der Waals surface area contributed by atoms with Crippen molar-refractivity contribution in [2.45, 2.75) is 95.6 Å². The van der Waals surface area contributed by atoms with E-state index in [9.17, 15) is 35.6 Å². The van der Waals surface area contributed by atoms with Gasteiger partial charge in [0.15, 0.2) is 5.82 Å². The van der Waals surface area contributed by atoms with Gasteiger partial charge in [0.1, 0.15) is 35.4 Å². The summed E-state index contributed by atoms with van der Waals surface area (Å²) in [5.74, 6) is -8.80. The quantitative estimate of drug-likeness (QED) is 0.0687.